The summed E-state index contributed by atoms with van der Waals surface area (Å²) in [7, 11) is 0. The number of amides is 1. The molecule has 1 fully saturated rings. The summed E-state index contributed by atoms with van der Waals surface area (Å²) < 4.78 is 0. The Labute approximate surface area is 72.9 Å². The van der Waals surface area contributed by atoms with E-state index >= 15 is 0 Å². The van der Waals surface area contributed by atoms with Crippen molar-refractivity contribution in [1.29, 1.82) is 0 Å². The molecule has 0 spiro atoms. The van der Waals surface area contributed by atoms with Gasteiger partial charge < -0.3 is 16.4 Å². The van der Waals surface area contributed by atoms with Gasteiger partial charge in [-0.1, -0.05) is 6.92 Å². The van der Waals surface area contributed by atoms with Crippen molar-refractivity contribution in [2.75, 3.05) is 13.1 Å². The third-order valence-electron chi connectivity index (χ3n) is 2.18. The zero-order valence-electron chi connectivity index (χ0n) is 7.47. The van der Waals surface area contributed by atoms with Crippen molar-refractivity contribution in [3.05, 3.63) is 0 Å². The molecule has 1 rings (SSSR count). The summed E-state index contributed by atoms with van der Waals surface area (Å²) in [6, 6.07) is -0.0549. The summed E-state index contributed by atoms with van der Waals surface area (Å²) in [5, 5.41) is 6.08. The van der Waals surface area contributed by atoms with Crippen LogP contribution in [-0.2, 0) is 4.79 Å². The van der Waals surface area contributed by atoms with E-state index in [0.717, 1.165) is 19.5 Å². The zero-order chi connectivity index (χ0) is 8.97. The van der Waals surface area contributed by atoms with Crippen molar-refractivity contribution in [2.45, 2.75) is 31.8 Å². The molecule has 70 valence electrons. The minimum absolute atomic E-state index is 0.0220. The Kier molecular flexibility index (Phi) is 3.49. The van der Waals surface area contributed by atoms with Crippen LogP contribution in [0.3, 0.4) is 0 Å². The predicted octanol–water partition coefficient (Wildman–Crippen LogP) is -0.798. The normalized spacial score (nSPS) is 25.3. The second kappa shape index (κ2) is 4.42. The fourth-order valence-corrected chi connectivity index (χ4v) is 1.27. The third kappa shape index (κ3) is 2.46. The first-order valence-electron chi connectivity index (χ1n) is 4.50. The molecule has 2 atom stereocenters. The van der Waals surface area contributed by atoms with Crippen LogP contribution in [0.5, 0.6) is 0 Å². The van der Waals surface area contributed by atoms with Gasteiger partial charge in [0.15, 0.2) is 0 Å². The second-order valence-electron chi connectivity index (χ2n) is 3.21. The average molecular weight is 171 g/mol. The summed E-state index contributed by atoms with van der Waals surface area (Å²) in [6.45, 7) is 3.78. The van der Waals surface area contributed by atoms with Crippen LogP contribution in [0.1, 0.15) is 19.8 Å². The van der Waals surface area contributed by atoms with E-state index < -0.39 is 0 Å². The summed E-state index contributed by atoms with van der Waals surface area (Å²) in [5.41, 5.74) is 5.56. The summed E-state index contributed by atoms with van der Waals surface area (Å²) in [4.78, 5) is 11.3. The number of carbonyl (C=O) groups is 1. The molecule has 0 aromatic carbocycles. The van der Waals surface area contributed by atoms with E-state index in [9.17, 15) is 4.79 Å². The molecule has 1 aliphatic heterocycles. The molecule has 1 saturated heterocycles. The van der Waals surface area contributed by atoms with Crippen molar-refractivity contribution in [3.63, 3.8) is 0 Å². The van der Waals surface area contributed by atoms with Crippen LogP contribution < -0.4 is 16.4 Å². The van der Waals surface area contributed by atoms with Crippen LogP contribution in [-0.4, -0.2) is 31.1 Å². The molecule has 0 saturated carbocycles. The van der Waals surface area contributed by atoms with Gasteiger partial charge in [-0.05, 0) is 19.4 Å². The van der Waals surface area contributed by atoms with Crippen molar-refractivity contribution in [3.8, 4) is 0 Å². The lowest BCUT2D eigenvalue weighted by Gasteiger charge is -2.14. The van der Waals surface area contributed by atoms with Gasteiger partial charge in [-0.3, -0.25) is 4.79 Å². The van der Waals surface area contributed by atoms with E-state index in [1.165, 1.54) is 0 Å². The number of nitrogens with one attached hydrogen (secondary N) is 2. The van der Waals surface area contributed by atoms with Gasteiger partial charge in [0.1, 0.15) is 0 Å². The Bertz CT molecular complexity index is 154. The van der Waals surface area contributed by atoms with Crippen molar-refractivity contribution >= 4 is 5.91 Å². The summed E-state index contributed by atoms with van der Waals surface area (Å²) in [5.74, 6) is -0.0220. The van der Waals surface area contributed by atoms with Gasteiger partial charge in [0.05, 0.1) is 6.04 Å². The quantitative estimate of drug-likeness (QED) is 0.521. The fourth-order valence-electron chi connectivity index (χ4n) is 1.27. The van der Waals surface area contributed by atoms with Crippen LogP contribution >= 0.6 is 0 Å². The van der Waals surface area contributed by atoms with Gasteiger partial charge >= 0.3 is 0 Å². The highest BCUT2D eigenvalue weighted by molar-refractivity contribution is 5.81. The molecular formula is C8H17N3O. The van der Waals surface area contributed by atoms with Gasteiger partial charge in [-0.2, -0.15) is 0 Å². The first-order valence-corrected chi connectivity index (χ1v) is 4.50. The molecule has 1 aliphatic rings. The van der Waals surface area contributed by atoms with E-state index in [1.807, 2.05) is 6.92 Å². The van der Waals surface area contributed by atoms with Gasteiger partial charge in [0, 0.05) is 12.6 Å². The minimum atomic E-state index is -0.342. The molecular weight excluding hydrogens is 154 g/mol. The Morgan fingerprint density at radius 2 is 2.58 bits per heavy atom. The predicted molar refractivity (Wildman–Crippen MR) is 47.7 cm³/mol. The largest absolute Gasteiger partial charge is 0.351 e. The molecule has 4 N–H and O–H groups in total. The van der Waals surface area contributed by atoms with Gasteiger partial charge in [0.25, 0.3) is 0 Å². The van der Waals surface area contributed by atoms with Gasteiger partial charge in [-0.15, -0.1) is 0 Å². The van der Waals surface area contributed by atoms with Crippen molar-refractivity contribution in [1.82, 2.24) is 10.6 Å². The summed E-state index contributed by atoms with van der Waals surface area (Å²) in [6.07, 6.45) is 1.72. The monoisotopic (exact) mass is 171 g/mol. The van der Waals surface area contributed by atoms with E-state index in [4.69, 9.17) is 5.73 Å². The molecule has 0 aliphatic carbocycles. The van der Waals surface area contributed by atoms with E-state index in [0.29, 0.717) is 6.42 Å². The number of hydrogen-bond donors (Lipinski definition) is 3. The topological polar surface area (TPSA) is 67.2 Å². The number of rotatable bonds is 3. The molecule has 1 amide bonds. The van der Waals surface area contributed by atoms with Crippen LogP contribution in [0.25, 0.3) is 0 Å². The molecule has 2 unspecified atom stereocenters. The number of hydrogen-bond acceptors (Lipinski definition) is 3. The first-order chi connectivity index (χ1) is 5.74. The smallest absolute Gasteiger partial charge is 0.237 e. The van der Waals surface area contributed by atoms with Crippen molar-refractivity contribution < 1.29 is 4.79 Å². The Morgan fingerprint density at radius 3 is 3.08 bits per heavy atom. The molecule has 0 aromatic heterocycles. The molecule has 0 aromatic rings. The van der Waals surface area contributed by atoms with Crippen LogP contribution in [0.4, 0.5) is 0 Å². The molecule has 1 heterocycles. The minimum Gasteiger partial charge on any atom is -0.351 e. The maximum Gasteiger partial charge on any atom is 0.237 e. The van der Waals surface area contributed by atoms with Crippen LogP contribution in [0.15, 0.2) is 0 Å². The maximum atomic E-state index is 11.3. The van der Waals surface area contributed by atoms with Gasteiger partial charge in [0.2, 0.25) is 5.91 Å². The highest BCUT2D eigenvalue weighted by Crippen LogP contribution is 1.97. The molecule has 4 nitrogen and oxygen atoms in total. The Balaban J connectivity index is 2.25. The molecule has 0 bridgehead atoms. The zero-order valence-corrected chi connectivity index (χ0v) is 7.47. The Hall–Kier alpha value is -0.610. The van der Waals surface area contributed by atoms with Crippen LogP contribution in [0.2, 0.25) is 0 Å². The lowest BCUT2D eigenvalue weighted by atomic mass is 10.2. The highest BCUT2D eigenvalue weighted by atomic mass is 16.2. The Morgan fingerprint density at radius 1 is 1.83 bits per heavy atom. The third-order valence-corrected chi connectivity index (χ3v) is 2.18. The van der Waals surface area contributed by atoms with Crippen LogP contribution in [0, 0.1) is 0 Å². The van der Waals surface area contributed by atoms with Gasteiger partial charge in [-0.25, -0.2) is 0 Å². The number of nitrogens with two attached hydrogens (primary N) is 1. The van der Waals surface area contributed by atoms with E-state index in [2.05, 4.69) is 10.6 Å². The fraction of sp³-hybridized carbons (Fsp3) is 0.875. The lowest BCUT2D eigenvalue weighted by molar-refractivity contribution is -0.123. The summed E-state index contributed by atoms with van der Waals surface area (Å²) >= 11 is 0. The van der Waals surface area contributed by atoms with E-state index in [-0.39, 0.29) is 18.0 Å². The number of carbonyl (C=O) groups excluding carboxylic acids is 1. The standard InChI is InChI=1S/C8H17N3O/c1-2-7(9)8(12)11-6-3-4-10-5-6/h6-7,10H,2-5,9H2,1H3,(H,11,12). The first kappa shape index (κ1) is 9.48. The maximum absolute atomic E-state index is 11.3. The van der Waals surface area contributed by atoms with E-state index in [1.54, 1.807) is 0 Å². The molecule has 12 heavy (non-hydrogen) atoms. The average Bonchev–Trinajstić information content (AvgIpc) is 2.55. The SMILES string of the molecule is CCC(N)C(=O)NC1CCNC1. The molecule has 0 radical (unpaired) electrons. The highest BCUT2D eigenvalue weighted by Gasteiger charge is 2.19. The lowest BCUT2D eigenvalue weighted by Crippen LogP contribution is -2.45. The van der Waals surface area contributed by atoms with Crippen molar-refractivity contribution in [2.24, 2.45) is 5.73 Å². The molecule has 4 heteroatoms. The second-order valence-corrected chi connectivity index (χ2v) is 3.21.